The monoisotopic (exact) mass is 210 g/mol. The molecule has 1 amide bonds. The summed E-state index contributed by atoms with van der Waals surface area (Å²) >= 11 is 0. The van der Waals surface area contributed by atoms with Crippen molar-refractivity contribution in [1.82, 2.24) is 5.32 Å². The van der Waals surface area contributed by atoms with Gasteiger partial charge in [0.05, 0.1) is 6.26 Å². The van der Waals surface area contributed by atoms with Crippen LogP contribution in [0.1, 0.15) is 26.0 Å². The van der Waals surface area contributed by atoms with Gasteiger partial charge < -0.3 is 15.5 Å². The molecule has 0 aliphatic carbocycles. The van der Waals surface area contributed by atoms with Gasteiger partial charge in [0, 0.05) is 24.9 Å². The van der Waals surface area contributed by atoms with Crippen LogP contribution in [0.15, 0.2) is 22.8 Å². The Hall–Kier alpha value is -1.29. The molecule has 0 aliphatic heterocycles. The van der Waals surface area contributed by atoms with Gasteiger partial charge in [0.2, 0.25) is 5.91 Å². The lowest BCUT2D eigenvalue weighted by Crippen LogP contribution is -2.37. The van der Waals surface area contributed by atoms with E-state index in [0.717, 1.165) is 5.76 Å². The highest BCUT2D eigenvalue weighted by Crippen LogP contribution is 2.22. The van der Waals surface area contributed by atoms with Gasteiger partial charge in [-0.1, -0.05) is 13.8 Å². The summed E-state index contributed by atoms with van der Waals surface area (Å²) in [6, 6.07) is 3.76. The number of amides is 1. The molecule has 0 radical (unpaired) electrons. The number of hydrogen-bond donors (Lipinski definition) is 2. The zero-order valence-corrected chi connectivity index (χ0v) is 9.25. The van der Waals surface area contributed by atoms with Gasteiger partial charge in [0.25, 0.3) is 0 Å². The molecule has 15 heavy (non-hydrogen) atoms. The van der Waals surface area contributed by atoms with Crippen molar-refractivity contribution >= 4 is 5.91 Å². The zero-order valence-electron chi connectivity index (χ0n) is 9.25. The van der Waals surface area contributed by atoms with Gasteiger partial charge >= 0.3 is 0 Å². The van der Waals surface area contributed by atoms with Crippen LogP contribution in [0.2, 0.25) is 0 Å². The summed E-state index contributed by atoms with van der Waals surface area (Å²) in [7, 11) is 0. The lowest BCUT2D eigenvalue weighted by Gasteiger charge is -2.22. The van der Waals surface area contributed by atoms with Crippen molar-refractivity contribution in [1.29, 1.82) is 0 Å². The summed E-state index contributed by atoms with van der Waals surface area (Å²) in [5.41, 5.74) is 5.10. The van der Waals surface area contributed by atoms with Crippen molar-refractivity contribution in [3.8, 4) is 0 Å². The fourth-order valence-electron chi connectivity index (χ4n) is 1.29. The highest BCUT2D eigenvalue weighted by atomic mass is 16.3. The summed E-state index contributed by atoms with van der Waals surface area (Å²) in [6.45, 7) is 4.98. The van der Waals surface area contributed by atoms with Gasteiger partial charge in [0.15, 0.2) is 0 Å². The van der Waals surface area contributed by atoms with E-state index in [1.807, 2.05) is 26.0 Å². The topological polar surface area (TPSA) is 68.3 Å². The summed E-state index contributed by atoms with van der Waals surface area (Å²) < 4.78 is 5.31. The highest BCUT2D eigenvalue weighted by Gasteiger charge is 2.23. The van der Waals surface area contributed by atoms with E-state index in [2.05, 4.69) is 5.32 Å². The van der Waals surface area contributed by atoms with Gasteiger partial charge in [-0.2, -0.15) is 0 Å². The van der Waals surface area contributed by atoms with E-state index in [-0.39, 0.29) is 11.3 Å². The fourth-order valence-corrected chi connectivity index (χ4v) is 1.29. The molecule has 1 heterocycles. The quantitative estimate of drug-likeness (QED) is 0.762. The van der Waals surface area contributed by atoms with Crippen molar-refractivity contribution < 1.29 is 9.21 Å². The molecule has 0 unspecified atom stereocenters. The Kier molecular flexibility index (Phi) is 3.91. The Labute approximate surface area is 89.8 Å². The van der Waals surface area contributed by atoms with Crippen LogP contribution in [0.25, 0.3) is 0 Å². The third kappa shape index (κ3) is 3.40. The van der Waals surface area contributed by atoms with Crippen molar-refractivity contribution in [2.75, 3.05) is 13.1 Å². The smallest absolute Gasteiger partial charge is 0.221 e. The molecule has 0 aromatic carbocycles. The number of rotatable bonds is 5. The first-order valence-electron chi connectivity index (χ1n) is 5.07. The molecule has 0 fully saturated rings. The molecule has 1 aromatic rings. The Balaban J connectivity index is 2.47. The van der Waals surface area contributed by atoms with Gasteiger partial charge in [-0.25, -0.2) is 0 Å². The first-order chi connectivity index (χ1) is 7.06. The van der Waals surface area contributed by atoms with Crippen molar-refractivity contribution in [2.45, 2.75) is 25.7 Å². The summed E-state index contributed by atoms with van der Waals surface area (Å²) in [4.78, 5) is 11.2. The lowest BCUT2D eigenvalue weighted by atomic mass is 9.90. The molecule has 1 rings (SSSR count). The van der Waals surface area contributed by atoms with Crippen molar-refractivity contribution in [3.05, 3.63) is 24.2 Å². The molecule has 84 valence electrons. The second-order valence-electron chi connectivity index (χ2n) is 4.18. The molecule has 0 aliphatic rings. The Morgan fingerprint density at radius 3 is 2.87 bits per heavy atom. The number of furan rings is 1. The largest absolute Gasteiger partial charge is 0.469 e. The standard InChI is InChI=1S/C11H18N2O2/c1-11(2,9-4-3-7-15-9)8-13-10(14)5-6-12/h3-4,7H,5-6,8,12H2,1-2H3,(H,13,14). The minimum Gasteiger partial charge on any atom is -0.469 e. The predicted octanol–water partition coefficient (Wildman–Crippen LogP) is 1.02. The van der Waals surface area contributed by atoms with Crippen LogP contribution in [0.3, 0.4) is 0 Å². The Morgan fingerprint density at radius 1 is 1.60 bits per heavy atom. The summed E-state index contributed by atoms with van der Waals surface area (Å²) in [5, 5.41) is 2.83. The maximum absolute atomic E-state index is 11.2. The SMILES string of the molecule is CC(C)(CNC(=O)CCN)c1ccco1. The third-order valence-electron chi connectivity index (χ3n) is 2.29. The van der Waals surface area contributed by atoms with Crippen LogP contribution in [0, 0.1) is 0 Å². The number of nitrogens with one attached hydrogen (secondary N) is 1. The number of hydrogen-bond acceptors (Lipinski definition) is 3. The molecule has 4 heteroatoms. The molecule has 0 saturated carbocycles. The Bertz CT molecular complexity index is 304. The number of nitrogens with two attached hydrogens (primary N) is 1. The van der Waals surface area contributed by atoms with Crippen molar-refractivity contribution in [3.63, 3.8) is 0 Å². The van der Waals surface area contributed by atoms with Gasteiger partial charge in [-0.05, 0) is 12.1 Å². The molecule has 0 saturated heterocycles. The normalized spacial score (nSPS) is 11.4. The Morgan fingerprint density at radius 2 is 2.33 bits per heavy atom. The van der Waals surface area contributed by atoms with E-state index in [0.29, 0.717) is 19.5 Å². The van der Waals surface area contributed by atoms with E-state index in [9.17, 15) is 4.79 Å². The van der Waals surface area contributed by atoms with Crippen LogP contribution in [0.4, 0.5) is 0 Å². The van der Waals surface area contributed by atoms with Crippen molar-refractivity contribution in [2.24, 2.45) is 5.73 Å². The molecule has 4 nitrogen and oxygen atoms in total. The number of carbonyl (C=O) groups is 1. The minimum absolute atomic E-state index is 0.0165. The molecule has 1 aromatic heterocycles. The van der Waals surface area contributed by atoms with E-state index < -0.39 is 0 Å². The maximum atomic E-state index is 11.2. The van der Waals surface area contributed by atoms with E-state index >= 15 is 0 Å². The molecule has 0 atom stereocenters. The van der Waals surface area contributed by atoms with Crippen LogP contribution >= 0.6 is 0 Å². The zero-order chi connectivity index (χ0) is 11.3. The summed E-state index contributed by atoms with van der Waals surface area (Å²) in [6.07, 6.45) is 2.01. The van der Waals surface area contributed by atoms with Crippen LogP contribution in [-0.4, -0.2) is 19.0 Å². The maximum Gasteiger partial charge on any atom is 0.221 e. The van der Waals surface area contributed by atoms with Gasteiger partial charge in [-0.3, -0.25) is 4.79 Å². The van der Waals surface area contributed by atoms with Crippen LogP contribution < -0.4 is 11.1 Å². The third-order valence-corrected chi connectivity index (χ3v) is 2.29. The van der Waals surface area contributed by atoms with E-state index in [4.69, 9.17) is 10.2 Å². The second kappa shape index (κ2) is 4.98. The fraction of sp³-hybridized carbons (Fsp3) is 0.545. The van der Waals surface area contributed by atoms with E-state index in [1.54, 1.807) is 6.26 Å². The molecule has 3 N–H and O–H groups in total. The first kappa shape index (κ1) is 11.8. The van der Waals surface area contributed by atoms with Crippen LogP contribution in [-0.2, 0) is 10.2 Å². The van der Waals surface area contributed by atoms with Crippen LogP contribution in [0.5, 0.6) is 0 Å². The highest BCUT2D eigenvalue weighted by molar-refractivity contribution is 5.76. The predicted molar refractivity (Wildman–Crippen MR) is 58.4 cm³/mol. The number of carbonyl (C=O) groups excluding carboxylic acids is 1. The molecule has 0 bridgehead atoms. The first-order valence-corrected chi connectivity index (χ1v) is 5.07. The molecule has 0 spiro atoms. The van der Waals surface area contributed by atoms with Gasteiger partial charge in [0.1, 0.15) is 5.76 Å². The van der Waals surface area contributed by atoms with E-state index in [1.165, 1.54) is 0 Å². The summed E-state index contributed by atoms with van der Waals surface area (Å²) in [5.74, 6) is 0.854. The lowest BCUT2D eigenvalue weighted by molar-refractivity contribution is -0.121. The molecular formula is C11H18N2O2. The molecular weight excluding hydrogens is 192 g/mol. The average molecular weight is 210 g/mol. The second-order valence-corrected chi connectivity index (χ2v) is 4.18. The minimum atomic E-state index is -0.187. The average Bonchev–Trinajstić information content (AvgIpc) is 2.69. The van der Waals surface area contributed by atoms with Gasteiger partial charge in [-0.15, -0.1) is 0 Å².